The molecule has 0 atom stereocenters. The highest BCUT2D eigenvalue weighted by atomic mass is 16.5. The van der Waals surface area contributed by atoms with Gasteiger partial charge in [0.25, 0.3) is 0 Å². The van der Waals surface area contributed by atoms with Gasteiger partial charge in [-0.15, -0.1) is 0 Å². The Morgan fingerprint density at radius 2 is 1.76 bits per heavy atom. The Bertz CT molecular complexity index is 449. The standard InChI is InChI=1S/C18H24O3/c1-2-3-4-5-9-14-21-18(20)15-17(19)13-12-16-10-7-6-8-11-16/h6-8,10-13H,2-5,9,14-15H2,1H3. The molecule has 0 N–H and O–H groups in total. The van der Waals surface area contributed by atoms with E-state index in [-0.39, 0.29) is 12.2 Å². The fourth-order valence-electron chi connectivity index (χ4n) is 1.90. The first-order chi connectivity index (χ1) is 10.2. The highest BCUT2D eigenvalue weighted by molar-refractivity contribution is 6.03. The van der Waals surface area contributed by atoms with Gasteiger partial charge < -0.3 is 4.74 Å². The number of unbranched alkanes of at least 4 members (excludes halogenated alkanes) is 4. The average molecular weight is 288 g/mol. The maximum absolute atomic E-state index is 11.6. The third-order valence-electron chi connectivity index (χ3n) is 3.09. The van der Waals surface area contributed by atoms with Crippen LogP contribution < -0.4 is 0 Å². The molecule has 3 heteroatoms. The Balaban J connectivity index is 2.16. The molecule has 0 unspecified atom stereocenters. The highest BCUT2D eigenvalue weighted by Gasteiger charge is 2.07. The van der Waals surface area contributed by atoms with E-state index in [2.05, 4.69) is 6.92 Å². The van der Waals surface area contributed by atoms with Gasteiger partial charge in [-0.05, 0) is 18.1 Å². The number of ketones is 1. The molecule has 0 saturated heterocycles. The minimum absolute atomic E-state index is 0.182. The first-order valence-electron chi connectivity index (χ1n) is 7.64. The molecule has 0 aliphatic rings. The molecule has 0 spiro atoms. The van der Waals surface area contributed by atoms with Crippen molar-refractivity contribution >= 4 is 17.8 Å². The average Bonchev–Trinajstić information content (AvgIpc) is 2.50. The Kier molecular flexibility index (Phi) is 8.85. The van der Waals surface area contributed by atoms with E-state index < -0.39 is 5.97 Å². The second-order valence-corrected chi connectivity index (χ2v) is 5.02. The summed E-state index contributed by atoms with van der Waals surface area (Å²) in [6.45, 7) is 2.58. The topological polar surface area (TPSA) is 43.4 Å². The molecule has 0 aliphatic heterocycles. The molecule has 0 fully saturated rings. The van der Waals surface area contributed by atoms with E-state index in [0.717, 1.165) is 18.4 Å². The van der Waals surface area contributed by atoms with Gasteiger partial charge >= 0.3 is 5.97 Å². The maximum Gasteiger partial charge on any atom is 0.313 e. The van der Waals surface area contributed by atoms with E-state index in [9.17, 15) is 9.59 Å². The van der Waals surface area contributed by atoms with Gasteiger partial charge in [-0.1, -0.05) is 69.0 Å². The van der Waals surface area contributed by atoms with E-state index in [1.165, 1.54) is 25.3 Å². The molecule has 0 radical (unpaired) electrons. The summed E-state index contributed by atoms with van der Waals surface area (Å²) in [5.74, 6) is -0.664. The van der Waals surface area contributed by atoms with Crippen LogP contribution in [0.15, 0.2) is 36.4 Å². The number of carbonyl (C=O) groups excluding carboxylic acids is 2. The minimum Gasteiger partial charge on any atom is -0.465 e. The van der Waals surface area contributed by atoms with Crippen molar-refractivity contribution in [1.82, 2.24) is 0 Å². The maximum atomic E-state index is 11.6. The quantitative estimate of drug-likeness (QED) is 0.281. The summed E-state index contributed by atoms with van der Waals surface area (Å²) in [7, 11) is 0. The van der Waals surface area contributed by atoms with Crippen LogP contribution in [-0.4, -0.2) is 18.4 Å². The number of esters is 1. The Morgan fingerprint density at radius 3 is 2.48 bits per heavy atom. The summed E-state index contributed by atoms with van der Waals surface area (Å²) in [5, 5.41) is 0. The number of allylic oxidation sites excluding steroid dienone is 1. The van der Waals surface area contributed by atoms with Gasteiger partial charge in [0, 0.05) is 0 Å². The van der Waals surface area contributed by atoms with E-state index in [1.807, 2.05) is 30.3 Å². The van der Waals surface area contributed by atoms with Gasteiger partial charge in [0.2, 0.25) is 0 Å². The lowest BCUT2D eigenvalue weighted by molar-refractivity contribution is -0.145. The van der Waals surface area contributed by atoms with Crippen LogP contribution in [-0.2, 0) is 14.3 Å². The van der Waals surface area contributed by atoms with Crippen molar-refractivity contribution in [2.75, 3.05) is 6.61 Å². The number of hydrogen-bond acceptors (Lipinski definition) is 3. The van der Waals surface area contributed by atoms with Crippen molar-refractivity contribution < 1.29 is 14.3 Å². The van der Waals surface area contributed by atoms with Crippen molar-refractivity contribution in [1.29, 1.82) is 0 Å². The van der Waals surface area contributed by atoms with Crippen molar-refractivity contribution in [2.24, 2.45) is 0 Å². The predicted octanol–water partition coefficient (Wildman–Crippen LogP) is 4.17. The number of hydrogen-bond donors (Lipinski definition) is 0. The van der Waals surface area contributed by atoms with Gasteiger partial charge in [0.15, 0.2) is 5.78 Å². The molecule has 1 aromatic carbocycles. The summed E-state index contributed by atoms with van der Waals surface area (Å²) in [6.07, 6.45) is 8.49. The van der Waals surface area contributed by atoms with Gasteiger partial charge in [-0.25, -0.2) is 0 Å². The van der Waals surface area contributed by atoms with Crippen LogP contribution in [0.2, 0.25) is 0 Å². The van der Waals surface area contributed by atoms with Crippen LogP contribution in [0, 0.1) is 0 Å². The second-order valence-electron chi connectivity index (χ2n) is 5.02. The highest BCUT2D eigenvalue weighted by Crippen LogP contribution is 2.04. The predicted molar refractivity (Wildman–Crippen MR) is 84.8 cm³/mol. The fraction of sp³-hybridized carbons (Fsp3) is 0.444. The van der Waals surface area contributed by atoms with E-state index >= 15 is 0 Å². The minimum atomic E-state index is -0.437. The molecule has 0 bridgehead atoms. The third-order valence-corrected chi connectivity index (χ3v) is 3.09. The first-order valence-corrected chi connectivity index (χ1v) is 7.64. The van der Waals surface area contributed by atoms with Gasteiger partial charge in [0.1, 0.15) is 6.42 Å². The van der Waals surface area contributed by atoms with Crippen molar-refractivity contribution in [2.45, 2.75) is 45.4 Å². The molecule has 0 aromatic heterocycles. The van der Waals surface area contributed by atoms with Crippen molar-refractivity contribution in [3.63, 3.8) is 0 Å². The molecular weight excluding hydrogens is 264 g/mol. The number of ether oxygens (including phenoxy) is 1. The molecule has 21 heavy (non-hydrogen) atoms. The van der Waals surface area contributed by atoms with E-state index in [4.69, 9.17) is 4.74 Å². The molecule has 1 aromatic rings. The monoisotopic (exact) mass is 288 g/mol. The van der Waals surface area contributed by atoms with Crippen LogP contribution in [0.5, 0.6) is 0 Å². The second kappa shape index (κ2) is 10.8. The van der Waals surface area contributed by atoms with Crippen LogP contribution in [0.25, 0.3) is 6.08 Å². The van der Waals surface area contributed by atoms with Crippen molar-refractivity contribution in [3.05, 3.63) is 42.0 Å². The molecule has 0 amide bonds. The van der Waals surface area contributed by atoms with Crippen LogP contribution in [0.3, 0.4) is 0 Å². The van der Waals surface area contributed by atoms with Gasteiger partial charge in [-0.2, -0.15) is 0 Å². The van der Waals surface area contributed by atoms with Crippen LogP contribution >= 0.6 is 0 Å². The largest absolute Gasteiger partial charge is 0.465 e. The van der Waals surface area contributed by atoms with Gasteiger partial charge in [-0.3, -0.25) is 9.59 Å². The number of carbonyl (C=O) groups is 2. The summed E-state index contributed by atoms with van der Waals surface area (Å²) >= 11 is 0. The third kappa shape index (κ3) is 8.79. The summed E-state index contributed by atoms with van der Waals surface area (Å²) < 4.78 is 5.05. The Morgan fingerprint density at radius 1 is 1.05 bits per heavy atom. The lowest BCUT2D eigenvalue weighted by atomic mass is 10.1. The zero-order valence-electron chi connectivity index (χ0n) is 12.7. The van der Waals surface area contributed by atoms with E-state index in [0.29, 0.717) is 6.61 Å². The summed E-state index contributed by atoms with van der Waals surface area (Å²) in [5.41, 5.74) is 0.940. The molecule has 0 aliphatic carbocycles. The molecule has 0 heterocycles. The smallest absolute Gasteiger partial charge is 0.313 e. The number of benzene rings is 1. The zero-order valence-corrected chi connectivity index (χ0v) is 12.7. The molecule has 0 saturated carbocycles. The molecule has 3 nitrogen and oxygen atoms in total. The number of rotatable bonds is 10. The van der Waals surface area contributed by atoms with Gasteiger partial charge in [0.05, 0.1) is 6.61 Å². The summed E-state index contributed by atoms with van der Waals surface area (Å²) in [6, 6.07) is 9.52. The molecular formula is C18H24O3. The lowest BCUT2D eigenvalue weighted by Gasteiger charge is -2.03. The lowest BCUT2D eigenvalue weighted by Crippen LogP contribution is -2.10. The first kappa shape index (κ1) is 17.2. The summed E-state index contributed by atoms with van der Waals surface area (Å²) in [4.78, 5) is 23.1. The fourth-order valence-corrected chi connectivity index (χ4v) is 1.90. The van der Waals surface area contributed by atoms with E-state index in [1.54, 1.807) is 6.08 Å². The SMILES string of the molecule is CCCCCCCOC(=O)CC(=O)C=Cc1ccccc1. The zero-order chi connectivity index (χ0) is 15.3. The Labute approximate surface area is 127 Å². The van der Waals surface area contributed by atoms with Crippen molar-refractivity contribution in [3.8, 4) is 0 Å². The molecule has 1 rings (SSSR count). The van der Waals surface area contributed by atoms with Crippen LogP contribution in [0.4, 0.5) is 0 Å². The molecule has 114 valence electrons. The normalized spacial score (nSPS) is 10.7. The Hall–Kier alpha value is -1.90. The van der Waals surface area contributed by atoms with Crippen LogP contribution in [0.1, 0.15) is 51.0 Å².